The molecular weight excluding hydrogens is 396 g/mol. The van der Waals surface area contributed by atoms with Gasteiger partial charge in [-0.3, -0.25) is 9.59 Å². The number of anilines is 1. The monoisotopic (exact) mass is 422 g/mol. The Morgan fingerprint density at radius 1 is 1.16 bits per heavy atom. The number of benzene rings is 2. The van der Waals surface area contributed by atoms with Crippen LogP contribution in [0.3, 0.4) is 0 Å². The van der Waals surface area contributed by atoms with Crippen LogP contribution in [0.1, 0.15) is 25.3 Å². The molecule has 1 saturated heterocycles. The normalized spacial score (nSPS) is 15.7. The fraction of sp³-hybridized carbons (Fsp3) is 0.333. The van der Waals surface area contributed by atoms with Gasteiger partial charge in [-0.05, 0) is 67.6 Å². The number of methoxy groups -OCH3 is 1. The summed E-state index contributed by atoms with van der Waals surface area (Å²) < 4.78 is 16.4. The van der Waals surface area contributed by atoms with Crippen LogP contribution in [0.2, 0.25) is 0 Å². The van der Waals surface area contributed by atoms with E-state index in [4.69, 9.17) is 14.2 Å². The zero-order valence-corrected chi connectivity index (χ0v) is 17.7. The Labute approximate surface area is 180 Å². The van der Waals surface area contributed by atoms with Gasteiger partial charge in [0.05, 0.1) is 25.8 Å². The highest BCUT2D eigenvalue weighted by molar-refractivity contribution is 5.96. The number of nitrogens with zero attached hydrogens (tertiary/aromatic N) is 1. The summed E-state index contributed by atoms with van der Waals surface area (Å²) in [6.45, 7) is 3.20. The molecule has 1 aliphatic heterocycles. The lowest BCUT2D eigenvalue weighted by atomic mass is 10.1. The van der Waals surface area contributed by atoms with Crippen molar-refractivity contribution in [3.05, 3.63) is 64.4 Å². The summed E-state index contributed by atoms with van der Waals surface area (Å²) in [7, 11) is 1.58. The van der Waals surface area contributed by atoms with E-state index < -0.39 is 6.10 Å². The van der Waals surface area contributed by atoms with Crippen LogP contribution >= 0.6 is 0 Å². The predicted octanol–water partition coefficient (Wildman–Crippen LogP) is 3.65. The Kier molecular flexibility index (Phi) is 6.23. The number of hydrogen-bond donors (Lipinski definition) is 1. The fourth-order valence-electron chi connectivity index (χ4n) is 3.77. The second-order valence-electron chi connectivity index (χ2n) is 7.43. The quantitative estimate of drug-likeness (QED) is 0.629. The van der Waals surface area contributed by atoms with E-state index in [1.54, 1.807) is 18.1 Å². The first kappa shape index (κ1) is 20.9. The van der Waals surface area contributed by atoms with Gasteiger partial charge >= 0.3 is 0 Å². The number of nitrogens with one attached hydrogen (secondary N) is 1. The molecule has 1 aromatic heterocycles. The van der Waals surface area contributed by atoms with Crippen molar-refractivity contribution < 1.29 is 19.0 Å². The summed E-state index contributed by atoms with van der Waals surface area (Å²) in [5.74, 6) is 1.25. The Bertz CT molecular complexity index is 1120. The van der Waals surface area contributed by atoms with Gasteiger partial charge in [0.2, 0.25) is 0 Å². The van der Waals surface area contributed by atoms with Crippen molar-refractivity contribution >= 4 is 22.5 Å². The van der Waals surface area contributed by atoms with Crippen LogP contribution in [0.4, 0.5) is 5.69 Å². The molecule has 0 saturated carbocycles. The van der Waals surface area contributed by atoms with Crippen molar-refractivity contribution in [2.75, 3.05) is 25.2 Å². The van der Waals surface area contributed by atoms with Gasteiger partial charge in [0.15, 0.2) is 0 Å². The summed E-state index contributed by atoms with van der Waals surface area (Å²) in [5.41, 5.74) is 1.64. The number of amides is 1. The van der Waals surface area contributed by atoms with Crippen LogP contribution in [-0.2, 0) is 16.1 Å². The van der Waals surface area contributed by atoms with E-state index in [0.29, 0.717) is 42.2 Å². The molecule has 0 bridgehead atoms. The Morgan fingerprint density at radius 2 is 1.94 bits per heavy atom. The van der Waals surface area contributed by atoms with Crippen LogP contribution in [0, 0.1) is 0 Å². The highest BCUT2D eigenvalue weighted by Crippen LogP contribution is 2.25. The Balaban J connectivity index is 1.69. The maximum atomic E-state index is 13.3. The SMILES string of the molecule is CCOc1ccc(N(Cc2cc3ccc(OC)cc3[nH]c2=O)C(=O)[C@H]2CCCO2)cc1. The lowest BCUT2D eigenvalue weighted by Crippen LogP contribution is -2.39. The highest BCUT2D eigenvalue weighted by Gasteiger charge is 2.29. The van der Waals surface area contributed by atoms with Crippen molar-refractivity contribution in [2.24, 2.45) is 0 Å². The zero-order valence-electron chi connectivity index (χ0n) is 17.7. The molecule has 0 aliphatic carbocycles. The summed E-state index contributed by atoms with van der Waals surface area (Å²) in [4.78, 5) is 30.6. The van der Waals surface area contributed by atoms with Crippen LogP contribution in [0.25, 0.3) is 10.9 Å². The minimum absolute atomic E-state index is 0.143. The van der Waals surface area contributed by atoms with Gasteiger partial charge in [0.25, 0.3) is 11.5 Å². The van der Waals surface area contributed by atoms with Gasteiger partial charge in [-0.1, -0.05) is 0 Å². The maximum absolute atomic E-state index is 13.3. The van der Waals surface area contributed by atoms with Gasteiger partial charge in [-0.2, -0.15) is 0 Å². The molecule has 7 nitrogen and oxygen atoms in total. The molecule has 0 radical (unpaired) electrons. The summed E-state index contributed by atoms with van der Waals surface area (Å²) in [6, 6.07) is 14.6. The fourth-order valence-corrected chi connectivity index (χ4v) is 3.77. The van der Waals surface area contributed by atoms with Crippen LogP contribution in [-0.4, -0.2) is 37.3 Å². The van der Waals surface area contributed by atoms with Crippen molar-refractivity contribution in [1.82, 2.24) is 4.98 Å². The van der Waals surface area contributed by atoms with E-state index in [1.165, 1.54) is 0 Å². The summed E-state index contributed by atoms with van der Waals surface area (Å²) >= 11 is 0. The maximum Gasteiger partial charge on any atom is 0.256 e. The van der Waals surface area contributed by atoms with E-state index in [0.717, 1.165) is 17.6 Å². The minimum Gasteiger partial charge on any atom is -0.497 e. The molecule has 2 heterocycles. The number of fused-ring (bicyclic) bond motifs is 1. The van der Waals surface area contributed by atoms with E-state index in [1.807, 2.05) is 49.4 Å². The number of H-pyrrole nitrogens is 1. The molecular formula is C24H26N2O5. The van der Waals surface area contributed by atoms with Gasteiger partial charge in [-0.15, -0.1) is 0 Å². The third-order valence-corrected chi connectivity index (χ3v) is 5.39. The van der Waals surface area contributed by atoms with Gasteiger partial charge in [0, 0.05) is 23.9 Å². The van der Waals surface area contributed by atoms with Crippen molar-refractivity contribution in [2.45, 2.75) is 32.4 Å². The third-order valence-electron chi connectivity index (χ3n) is 5.39. The largest absolute Gasteiger partial charge is 0.497 e. The van der Waals surface area contributed by atoms with Crippen LogP contribution < -0.4 is 19.9 Å². The Hall–Kier alpha value is -3.32. The first-order chi connectivity index (χ1) is 15.1. The lowest BCUT2D eigenvalue weighted by Gasteiger charge is -2.25. The number of ether oxygens (including phenoxy) is 3. The van der Waals surface area contributed by atoms with Gasteiger partial charge in [0.1, 0.15) is 17.6 Å². The molecule has 4 rings (SSSR count). The lowest BCUT2D eigenvalue weighted by molar-refractivity contribution is -0.127. The minimum atomic E-state index is -0.490. The topological polar surface area (TPSA) is 80.9 Å². The first-order valence-corrected chi connectivity index (χ1v) is 10.4. The molecule has 7 heteroatoms. The second kappa shape index (κ2) is 9.22. The number of aromatic nitrogens is 1. The molecule has 0 spiro atoms. The number of aromatic amines is 1. The first-order valence-electron chi connectivity index (χ1n) is 10.4. The van der Waals surface area contributed by atoms with Crippen LogP contribution in [0.15, 0.2) is 53.3 Å². The number of rotatable bonds is 7. The molecule has 2 aromatic carbocycles. The number of carbonyl (C=O) groups excluding carboxylic acids is 1. The molecule has 1 N–H and O–H groups in total. The molecule has 1 aliphatic rings. The number of carbonyl (C=O) groups is 1. The average Bonchev–Trinajstić information content (AvgIpc) is 3.33. The smallest absolute Gasteiger partial charge is 0.256 e. The van der Waals surface area contributed by atoms with Crippen LogP contribution in [0.5, 0.6) is 11.5 Å². The van der Waals surface area contributed by atoms with E-state index in [9.17, 15) is 9.59 Å². The standard InChI is InChI=1S/C24H26N2O5/c1-3-30-19-10-7-18(8-11-19)26(24(28)22-5-4-12-31-22)15-17-13-16-6-9-20(29-2)14-21(16)25-23(17)27/h6-11,13-14,22H,3-5,12,15H2,1-2H3,(H,25,27)/t22-/m1/s1. The molecule has 1 amide bonds. The van der Waals surface area contributed by atoms with E-state index in [2.05, 4.69) is 4.98 Å². The van der Waals surface area contributed by atoms with Gasteiger partial charge < -0.3 is 24.1 Å². The summed E-state index contributed by atoms with van der Waals surface area (Å²) in [5, 5.41) is 0.867. The number of pyridine rings is 1. The second-order valence-corrected chi connectivity index (χ2v) is 7.43. The van der Waals surface area contributed by atoms with Crippen molar-refractivity contribution in [3.63, 3.8) is 0 Å². The predicted molar refractivity (Wildman–Crippen MR) is 119 cm³/mol. The molecule has 31 heavy (non-hydrogen) atoms. The van der Waals surface area contributed by atoms with E-state index >= 15 is 0 Å². The Morgan fingerprint density at radius 3 is 2.61 bits per heavy atom. The number of hydrogen-bond acceptors (Lipinski definition) is 5. The van der Waals surface area contributed by atoms with E-state index in [-0.39, 0.29) is 18.0 Å². The molecule has 0 unspecified atom stereocenters. The molecule has 162 valence electrons. The highest BCUT2D eigenvalue weighted by atomic mass is 16.5. The average molecular weight is 422 g/mol. The van der Waals surface area contributed by atoms with Crippen molar-refractivity contribution in [1.29, 1.82) is 0 Å². The van der Waals surface area contributed by atoms with Crippen molar-refractivity contribution in [3.8, 4) is 11.5 Å². The zero-order chi connectivity index (χ0) is 21.8. The molecule has 3 aromatic rings. The third kappa shape index (κ3) is 4.56. The molecule has 1 fully saturated rings. The molecule has 1 atom stereocenters. The summed E-state index contributed by atoms with van der Waals surface area (Å²) in [6.07, 6.45) is 1.04. The van der Waals surface area contributed by atoms with Gasteiger partial charge in [-0.25, -0.2) is 0 Å².